The Morgan fingerprint density at radius 1 is 1.36 bits per heavy atom. The number of carbonyl (C=O) groups excluding carboxylic acids is 1. The van der Waals surface area contributed by atoms with Gasteiger partial charge in [-0.2, -0.15) is 0 Å². The molecule has 14 heavy (non-hydrogen) atoms. The maximum absolute atomic E-state index is 11.5. The molecule has 2 nitrogen and oxygen atoms in total. The molecule has 0 N–H and O–H groups in total. The van der Waals surface area contributed by atoms with Crippen molar-refractivity contribution in [3.63, 3.8) is 0 Å². The Morgan fingerprint density at radius 3 is 2.50 bits per heavy atom. The molecule has 1 atom stereocenters. The number of hydrogen-bond acceptors (Lipinski definition) is 1. The van der Waals surface area contributed by atoms with Crippen molar-refractivity contribution in [1.29, 1.82) is 0 Å². The maximum Gasteiger partial charge on any atom is 0.222 e. The monoisotopic (exact) mass is 197 g/mol. The van der Waals surface area contributed by atoms with Crippen molar-refractivity contribution in [3.05, 3.63) is 0 Å². The minimum atomic E-state index is 0.376. The van der Waals surface area contributed by atoms with E-state index < -0.39 is 0 Å². The molecule has 0 saturated carbocycles. The van der Waals surface area contributed by atoms with E-state index in [2.05, 4.69) is 25.7 Å². The van der Waals surface area contributed by atoms with Gasteiger partial charge >= 0.3 is 0 Å². The van der Waals surface area contributed by atoms with Crippen LogP contribution in [0, 0.1) is 5.92 Å². The molecule has 0 aromatic carbocycles. The van der Waals surface area contributed by atoms with Gasteiger partial charge in [0.05, 0.1) is 0 Å². The number of hydrogen-bond donors (Lipinski definition) is 0. The minimum Gasteiger partial charge on any atom is -0.340 e. The van der Waals surface area contributed by atoms with Crippen molar-refractivity contribution in [2.24, 2.45) is 5.92 Å². The SMILES string of the molecule is CC[C@@H](CCC(C)C)N1CCCC1=O. The molecule has 0 radical (unpaired) electrons. The van der Waals surface area contributed by atoms with Gasteiger partial charge < -0.3 is 4.90 Å². The van der Waals surface area contributed by atoms with E-state index in [-0.39, 0.29) is 0 Å². The lowest BCUT2D eigenvalue weighted by molar-refractivity contribution is -0.129. The molecule has 1 heterocycles. The van der Waals surface area contributed by atoms with Crippen molar-refractivity contribution in [2.45, 2.75) is 58.9 Å². The first kappa shape index (κ1) is 11.5. The summed E-state index contributed by atoms with van der Waals surface area (Å²) < 4.78 is 0. The third-order valence-electron chi connectivity index (χ3n) is 3.10. The number of carbonyl (C=O) groups is 1. The maximum atomic E-state index is 11.5. The first-order chi connectivity index (χ1) is 6.65. The summed E-state index contributed by atoms with van der Waals surface area (Å²) in [6.07, 6.45) is 5.37. The van der Waals surface area contributed by atoms with Gasteiger partial charge in [-0.1, -0.05) is 20.8 Å². The van der Waals surface area contributed by atoms with Crippen LogP contribution in [0.2, 0.25) is 0 Å². The lowest BCUT2D eigenvalue weighted by Crippen LogP contribution is -2.35. The van der Waals surface area contributed by atoms with E-state index in [1.54, 1.807) is 0 Å². The van der Waals surface area contributed by atoms with Gasteiger partial charge in [0.2, 0.25) is 5.91 Å². The van der Waals surface area contributed by atoms with Crippen molar-refractivity contribution >= 4 is 5.91 Å². The van der Waals surface area contributed by atoms with Gasteiger partial charge in [0.25, 0.3) is 0 Å². The molecule has 0 bridgehead atoms. The van der Waals surface area contributed by atoms with E-state index in [0.29, 0.717) is 11.9 Å². The van der Waals surface area contributed by atoms with Crippen LogP contribution in [-0.4, -0.2) is 23.4 Å². The molecule has 0 aliphatic carbocycles. The highest BCUT2D eigenvalue weighted by Crippen LogP contribution is 2.20. The van der Waals surface area contributed by atoms with E-state index >= 15 is 0 Å². The lowest BCUT2D eigenvalue weighted by Gasteiger charge is -2.27. The van der Waals surface area contributed by atoms with Crippen molar-refractivity contribution < 1.29 is 4.79 Å². The van der Waals surface area contributed by atoms with E-state index in [0.717, 1.165) is 31.7 Å². The summed E-state index contributed by atoms with van der Waals surface area (Å²) in [5.41, 5.74) is 0. The zero-order chi connectivity index (χ0) is 10.6. The fourth-order valence-electron chi connectivity index (χ4n) is 2.16. The molecule has 0 aromatic rings. The lowest BCUT2D eigenvalue weighted by atomic mass is 10.0. The molecular weight excluding hydrogens is 174 g/mol. The van der Waals surface area contributed by atoms with Gasteiger partial charge in [-0.05, 0) is 31.6 Å². The van der Waals surface area contributed by atoms with Crippen LogP contribution in [0.5, 0.6) is 0 Å². The smallest absolute Gasteiger partial charge is 0.222 e. The Morgan fingerprint density at radius 2 is 2.07 bits per heavy atom. The summed E-state index contributed by atoms with van der Waals surface area (Å²) in [4.78, 5) is 13.6. The van der Waals surface area contributed by atoms with Crippen molar-refractivity contribution in [2.75, 3.05) is 6.54 Å². The average molecular weight is 197 g/mol. The van der Waals surface area contributed by atoms with Crippen LogP contribution in [0.15, 0.2) is 0 Å². The van der Waals surface area contributed by atoms with Crippen molar-refractivity contribution in [3.8, 4) is 0 Å². The zero-order valence-corrected chi connectivity index (χ0v) is 9.75. The summed E-state index contributed by atoms with van der Waals surface area (Å²) in [7, 11) is 0. The molecule has 82 valence electrons. The molecule has 1 saturated heterocycles. The number of amides is 1. The second-order valence-corrected chi connectivity index (χ2v) is 4.72. The van der Waals surface area contributed by atoms with Crippen LogP contribution < -0.4 is 0 Å². The van der Waals surface area contributed by atoms with Crippen LogP contribution in [0.25, 0.3) is 0 Å². The van der Waals surface area contributed by atoms with Crippen molar-refractivity contribution in [1.82, 2.24) is 4.90 Å². The quantitative estimate of drug-likeness (QED) is 0.663. The molecule has 0 unspecified atom stereocenters. The third kappa shape index (κ3) is 3.00. The van der Waals surface area contributed by atoms with Crippen LogP contribution >= 0.6 is 0 Å². The Bertz CT molecular complexity index is 189. The molecule has 0 aromatic heterocycles. The summed E-state index contributed by atoms with van der Waals surface area (Å²) in [5, 5.41) is 0. The normalized spacial score (nSPS) is 19.4. The van der Waals surface area contributed by atoms with E-state index in [9.17, 15) is 4.79 Å². The summed E-state index contributed by atoms with van der Waals surface area (Å²) in [5.74, 6) is 1.13. The van der Waals surface area contributed by atoms with Gasteiger partial charge in [-0.25, -0.2) is 0 Å². The highest BCUT2D eigenvalue weighted by atomic mass is 16.2. The average Bonchev–Trinajstić information content (AvgIpc) is 2.53. The minimum absolute atomic E-state index is 0.376. The first-order valence-corrected chi connectivity index (χ1v) is 5.94. The molecule has 1 aliphatic heterocycles. The topological polar surface area (TPSA) is 20.3 Å². The Kier molecular flexibility index (Phi) is 4.43. The van der Waals surface area contributed by atoms with Crippen LogP contribution in [0.4, 0.5) is 0 Å². The Hall–Kier alpha value is -0.530. The molecule has 0 spiro atoms. The molecule has 1 rings (SSSR count). The second-order valence-electron chi connectivity index (χ2n) is 4.72. The fourth-order valence-corrected chi connectivity index (χ4v) is 2.16. The van der Waals surface area contributed by atoms with Gasteiger partial charge in [0, 0.05) is 19.0 Å². The van der Waals surface area contributed by atoms with Crippen LogP contribution in [0.1, 0.15) is 52.9 Å². The standard InChI is InChI=1S/C12H23NO/c1-4-11(8-7-10(2)3)13-9-5-6-12(13)14/h10-11H,4-9H2,1-3H3/t11-/m0/s1. The Labute approximate surface area is 87.7 Å². The molecular formula is C12H23NO. The first-order valence-electron chi connectivity index (χ1n) is 5.94. The van der Waals surface area contributed by atoms with E-state index in [1.165, 1.54) is 12.8 Å². The number of likely N-dealkylation sites (tertiary alicyclic amines) is 1. The van der Waals surface area contributed by atoms with Gasteiger partial charge in [-0.15, -0.1) is 0 Å². The highest BCUT2D eigenvalue weighted by Gasteiger charge is 2.26. The number of rotatable bonds is 5. The summed E-state index contributed by atoms with van der Waals surface area (Å²) >= 11 is 0. The largest absolute Gasteiger partial charge is 0.340 e. The Balaban J connectivity index is 2.40. The predicted molar refractivity (Wildman–Crippen MR) is 59.1 cm³/mol. The van der Waals surface area contributed by atoms with E-state index in [4.69, 9.17) is 0 Å². The molecule has 1 aliphatic rings. The van der Waals surface area contributed by atoms with Crippen LogP contribution in [-0.2, 0) is 4.79 Å². The second kappa shape index (κ2) is 5.38. The van der Waals surface area contributed by atoms with E-state index in [1.807, 2.05) is 0 Å². The fraction of sp³-hybridized carbons (Fsp3) is 0.917. The zero-order valence-electron chi connectivity index (χ0n) is 9.75. The summed E-state index contributed by atoms with van der Waals surface area (Å²) in [6.45, 7) is 7.68. The highest BCUT2D eigenvalue weighted by molar-refractivity contribution is 5.78. The molecule has 2 heteroatoms. The van der Waals surface area contributed by atoms with Gasteiger partial charge in [-0.3, -0.25) is 4.79 Å². The van der Waals surface area contributed by atoms with Gasteiger partial charge in [0.1, 0.15) is 0 Å². The molecule has 1 amide bonds. The van der Waals surface area contributed by atoms with Crippen LogP contribution in [0.3, 0.4) is 0 Å². The number of nitrogens with zero attached hydrogens (tertiary/aromatic N) is 1. The third-order valence-corrected chi connectivity index (χ3v) is 3.10. The molecule has 1 fully saturated rings. The predicted octanol–water partition coefficient (Wildman–Crippen LogP) is 2.82. The summed E-state index contributed by atoms with van der Waals surface area (Å²) in [6, 6.07) is 0.507. The van der Waals surface area contributed by atoms with Gasteiger partial charge in [0.15, 0.2) is 0 Å².